The summed E-state index contributed by atoms with van der Waals surface area (Å²) in [6.45, 7) is 4.07. The molecule has 8 nitrogen and oxygen atoms in total. The number of halogens is 3. The molecule has 11 heteroatoms. The van der Waals surface area contributed by atoms with Crippen LogP contribution in [0.2, 0.25) is 0 Å². The van der Waals surface area contributed by atoms with Crippen LogP contribution in [0.1, 0.15) is 5.56 Å². The Bertz CT molecular complexity index is 868. The number of nitrogens with zero attached hydrogens (tertiary/aromatic N) is 4. The molecule has 1 aliphatic heterocycles. The molecule has 0 amide bonds. The van der Waals surface area contributed by atoms with Crippen molar-refractivity contribution >= 4 is 23.4 Å². The number of guanidine groups is 1. The smallest absolute Gasteiger partial charge is 0.368 e. The van der Waals surface area contributed by atoms with Crippen molar-refractivity contribution in [2.45, 2.75) is 12.7 Å². The first-order chi connectivity index (χ1) is 14.2. The van der Waals surface area contributed by atoms with Crippen LogP contribution in [0.5, 0.6) is 0 Å². The van der Waals surface area contributed by atoms with Crippen molar-refractivity contribution in [2.24, 2.45) is 5.73 Å². The van der Waals surface area contributed by atoms with Crippen molar-refractivity contribution in [3.63, 3.8) is 0 Å². The third-order valence-electron chi connectivity index (χ3n) is 4.55. The van der Waals surface area contributed by atoms with E-state index in [0.717, 1.165) is 38.4 Å². The van der Waals surface area contributed by atoms with E-state index in [-0.39, 0.29) is 10.9 Å². The molecule has 3 N–H and O–H groups in total. The molecule has 0 atom stereocenters. The van der Waals surface area contributed by atoms with Crippen LogP contribution in [-0.4, -0.2) is 54.2 Å². The number of nitrogens with two attached hydrogens (primary N) is 1. The molecule has 160 valence electrons. The van der Waals surface area contributed by atoms with Crippen LogP contribution in [0.25, 0.3) is 0 Å². The SMILES string of the molecule is N=C(N)N(OC(=O)C(F)(F)F)c1ccc(N2CCN(Cc3ccccc3)CC2)cn1. The summed E-state index contributed by atoms with van der Waals surface area (Å²) in [7, 11) is 0. The Labute approximate surface area is 171 Å². The van der Waals surface area contributed by atoms with Gasteiger partial charge in [0.2, 0.25) is 5.96 Å². The van der Waals surface area contributed by atoms with Crippen molar-refractivity contribution in [1.29, 1.82) is 5.41 Å². The molecule has 2 aromatic rings. The van der Waals surface area contributed by atoms with Crippen LogP contribution in [0.3, 0.4) is 0 Å². The Kier molecular flexibility index (Phi) is 6.40. The van der Waals surface area contributed by atoms with E-state index in [4.69, 9.17) is 11.1 Å². The first kappa shape index (κ1) is 21.4. The largest absolute Gasteiger partial charge is 0.493 e. The van der Waals surface area contributed by atoms with E-state index in [1.807, 2.05) is 18.2 Å². The number of pyridine rings is 1. The van der Waals surface area contributed by atoms with Gasteiger partial charge >= 0.3 is 12.1 Å². The third-order valence-corrected chi connectivity index (χ3v) is 4.55. The molecule has 1 aromatic heterocycles. The number of rotatable bonds is 4. The van der Waals surface area contributed by atoms with Gasteiger partial charge in [-0.25, -0.2) is 9.78 Å². The summed E-state index contributed by atoms with van der Waals surface area (Å²) in [6, 6.07) is 13.1. The predicted molar refractivity (Wildman–Crippen MR) is 105 cm³/mol. The molecule has 1 aliphatic rings. The summed E-state index contributed by atoms with van der Waals surface area (Å²) < 4.78 is 37.3. The number of alkyl halides is 3. The molecule has 1 saturated heterocycles. The summed E-state index contributed by atoms with van der Waals surface area (Å²) in [4.78, 5) is 23.6. The van der Waals surface area contributed by atoms with Crippen molar-refractivity contribution in [2.75, 3.05) is 36.1 Å². The average Bonchev–Trinajstić information content (AvgIpc) is 2.72. The zero-order valence-electron chi connectivity index (χ0n) is 16.0. The van der Waals surface area contributed by atoms with Gasteiger partial charge in [-0.2, -0.15) is 13.2 Å². The fraction of sp³-hybridized carbons (Fsp3) is 0.316. The van der Waals surface area contributed by atoms with Gasteiger partial charge in [0.1, 0.15) is 0 Å². The van der Waals surface area contributed by atoms with E-state index < -0.39 is 18.1 Å². The van der Waals surface area contributed by atoms with E-state index in [0.29, 0.717) is 0 Å². The highest BCUT2D eigenvalue weighted by Gasteiger charge is 2.43. The van der Waals surface area contributed by atoms with Gasteiger partial charge in [-0.15, -0.1) is 5.06 Å². The number of carbonyl (C=O) groups excluding carboxylic acids is 1. The minimum Gasteiger partial charge on any atom is -0.368 e. The molecule has 1 fully saturated rings. The molecule has 0 spiro atoms. The molecule has 0 aliphatic carbocycles. The minimum atomic E-state index is -5.22. The van der Waals surface area contributed by atoms with Crippen molar-refractivity contribution in [3.05, 3.63) is 54.2 Å². The number of anilines is 2. The van der Waals surface area contributed by atoms with Gasteiger partial charge < -0.3 is 15.5 Å². The van der Waals surface area contributed by atoms with Gasteiger partial charge in [0.15, 0.2) is 5.82 Å². The number of carbonyl (C=O) groups is 1. The highest BCUT2D eigenvalue weighted by molar-refractivity contribution is 5.92. The Morgan fingerprint density at radius 2 is 1.80 bits per heavy atom. The standard InChI is InChI=1S/C19H21F3N6O2/c20-19(21,22)17(29)30-28(18(23)24)16-7-6-15(12-25-16)27-10-8-26(9-11-27)13-14-4-2-1-3-5-14/h1-7,12H,8-11,13H2,(H3,23,24). The van der Waals surface area contributed by atoms with Crippen LogP contribution in [0.15, 0.2) is 48.7 Å². The minimum absolute atomic E-state index is 0.202. The van der Waals surface area contributed by atoms with Crippen LogP contribution in [0.4, 0.5) is 24.7 Å². The highest BCUT2D eigenvalue weighted by Crippen LogP contribution is 2.22. The van der Waals surface area contributed by atoms with Gasteiger partial charge in [0, 0.05) is 32.7 Å². The van der Waals surface area contributed by atoms with Crippen LogP contribution < -0.4 is 15.7 Å². The second-order valence-electron chi connectivity index (χ2n) is 6.68. The lowest BCUT2D eigenvalue weighted by Crippen LogP contribution is -2.46. The van der Waals surface area contributed by atoms with Gasteiger partial charge in [-0.1, -0.05) is 30.3 Å². The lowest BCUT2D eigenvalue weighted by Gasteiger charge is -2.36. The Morgan fingerprint density at radius 1 is 1.13 bits per heavy atom. The summed E-state index contributed by atoms with van der Waals surface area (Å²) in [5, 5.41) is 7.59. The number of hydrogen-bond donors (Lipinski definition) is 2. The monoisotopic (exact) mass is 422 g/mol. The van der Waals surface area contributed by atoms with E-state index in [1.165, 1.54) is 17.8 Å². The predicted octanol–water partition coefficient (Wildman–Crippen LogP) is 2.12. The number of hydroxylamine groups is 1. The Hall–Kier alpha value is -3.34. The molecule has 0 unspecified atom stereocenters. The van der Waals surface area contributed by atoms with Crippen LogP contribution in [-0.2, 0) is 16.2 Å². The maximum Gasteiger partial charge on any atom is 0.493 e. The second-order valence-corrected chi connectivity index (χ2v) is 6.68. The van der Waals surface area contributed by atoms with Crippen molar-refractivity contribution in [1.82, 2.24) is 9.88 Å². The summed E-state index contributed by atoms with van der Waals surface area (Å²) in [6.07, 6.45) is -3.77. The topological polar surface area (TPSA) is 98.8 Å². The average molecular weight is 422 g/mol. The first-order valence-corrected chi connectivity index (χ1v) is 9.14. The maximum atomic E-state index is 12.4. The number of benzene rings is 1. The first-order valence-electron chi connectivity index (χ1n) is 9.14. The van der Waals surface area contributed by atoms with Gasteiger partial charge in [0.25, 0.3) is 0 Å². The maximum absolute atomic E-state index is 12.4. The third kappa shape index (κ3) is 5.38. The molecule has 2 heterocycles. The number of nitrogens with one attached hydrogen (secondary N) is 1. The Balaban J connectivity index is 1.60. The van der Waals surface area contributed by atoms with Crippen LogP contribution >= 0.6 is 0 Å². The molecule has 0 radical (unpaired) electrons. The van der Waals surface area contributed by atoms with E-state index in [2.05, 4.69) is 31.8 Å². The van der Waals surface area contributed by atoms with E-state index >= 15 is 0 Å². The molecule has 1 aromatic carbocycles. The van der Waals surface area contributed by atoms with Gasteiger partial charge in [-0.05, 0) is 17.7 Å². The lowest BCUT2D eigenvalue weighted by atomic mass is 10.2. The summed E-state index contributed by atoms with van der Waals surface area (Å²) >= 11 is 0. The fourth-order valence-electron chi connectivity index (χ4n) is 3.05. The van der Waals surface area contributed by atoms with Gasteiger partial charge in [0.05, 0.1) is 11.9 Å². The zero-order chi connectivity index (χ0) is 21.7. The quantitative estimate of drug-likeness (QED) is 0.442. The molecule has 0 saturated carbocycles. The molecule has 30 heavy (non-hydrogen) atoms. The van der Waals surface area contributed by atoms with Crippen LogP contribution in [0, 0.1) is 5.41 Å². The zero-order valence-corrected chi connectivity index (χ0v) is 16.0. The second kappa shape index (κ2) is 8.99. The molecule has 3 rings (SSSR count). The molecule has 0 bridgehead atoms. The number of aromatic nitrogens is 1. The van der Waals surface area contributed by atoms with Gasteiger partial charge in [-0.3, -0.25) is 10.3 Å². The van der Waals surface area contributed by atoms with E-state index in [1.54, 1.807) is 6.07 Å². The number of piperazine rings is 1. The number of hydrogen-bond acceptors (Lipinski definition) is 6. The van der Waals surface area contributed by atoms with E-state index in [9.17, 15) is 18.0 Å². The highest BCUT2D eigenvalue weighted by atomic mass is 19.4. The molecular weight excluding hydrogens is 401 g/mol. The van der Waals surface area contributed by atoms with Crippen molar-refractivity contribution < 1.29 is 22.8 Å². The normalized spacial score (nSPS) is 15.0. The summed E-state index contributed by atoms with van der Waals surface area (Å²) in [5.74, 6) is -3.59. The lowest BCUT2D eigenvalue weighted by molar-refractivity contribution is -0.199. The molecular formula is C19H21F3N6O2. The summed E-state index contributed by atoms with van der Waals surface area (Å²) in [5.41, 5.74) is 7.24. The Morgan fingerprint density at radius 3 is 2.33 bits per heavy atom. The van der Waals surface area contributed by atoms with Crippen molar-refractivity contribution in [3.8, 4) is 0 Å². The fourth-order valence-corrected chi connectivity index (χ4v) is 3.05.